The number of fused-ring (bicyclic) bond motifs is 1. The highest BCUT2D eigenvalue weighted by atomic mass is 35.5. The second-order valence-electron chi connectivity index (χ2n) is 7.03. The Morgan fingerprint density at radius 2 is 1.67 bits per heavy atom. The van der Waals surface area contributed by atoms with Crippen LogP contribution < -0.4 is 5.69 Å². The fraction of sp³-hybridized carbons (Fsp3) is 0.190. The molecular weight excluding hydrogens is 426 g/mol. The zero-order chi connectivity index (χ0) is 21.5. The van der Waals surface area contributed by atoms with Gasteiger partial charge >= 0.3 is 5.69 Å². The van der Waals surface area contributed by atoms with Crippen molar-refractivity contribution in [3.05, 3.63) is 87.7 Å². The van der Waals surface area contributed by atoms with Crippen LogP contribution in [0.5, 0.6) is 0 Å². The summed E-state index contributed by atoms with van der Waals surface area (Å²) in [4.78, 5) is 12.3. The zero-order valence-corrected chi connectivity index (χ0v) is 18.0. The van der Waals surface area contributed by atoms with Gasteiger partial charge in [0.05, 0.1) is 28.7 Å². The molecule has 30 heavy (non-hydrogen) atoms. The van der Waals surface area contributed by atoms with E-state index in [1.165, 1.54) is 31.8 Å². The molecule has 0 aliphatic heterocycles. The third-order valence-corrected chi connectivity index (χ3v) is 7.11. The van der Waals surface area contributed by atoms with E-state index in [2.05, 4.69) is 0 Å². The number of halogens is 1. The Balaban J connectivity index is 1.77. The lowest BCUT2D eigenvalue weighted by molar-refractivity contribution is 0.358. The standard InChI is InChI=1S/C21H20ClN3O4S/c1-23-19-10-9-18(12-20(19)24(2)21(23)26)30(27,28)25(14-17-4-3-11-29-17)13-15-5-7-16(22)8-6-15/h3-12H,13-14H2,1-2H3. The molecule has 9 heteroatoms. The average Bonchev–Trinajstić information content (AvgIpc) is 3.32. The summed E-state index contributed by atoms with van der Waals surface area (Å²) in [6, 6.07) is 15.2. The molecule has 0 bridgehead atoms. The highest BCUT2D eigenvalue weighted by molar-refractivity contribution is 7.89. The highest BCUT2D eigenvalue weighted by Gasteiger charge is 2.27. The minimum Gasteiger partial charge on any atom is -0.468 e. The van der Waals surface area contributed by atoms with E-state index in [1.807, 2.05) is 0 Å². The van der Waals surface area contributed by atoms with Gasteiger partial charge in [-0.05, 0) is 48.0 Å². The zero-order valence-electron chi connectivity index (χ0n) is 16.4. The molecule has 2 aromatic carbocycles. The van der Waals surface area contributed by atoms with E-state index in [-0.39, 0.29) is 23.7 Å². The quantitative estimate of drug-likeness (QED) is 0.455. The van der Waals surface area contributed by atoms with Crippen molar-refractivity contribution in [3.63, 3.8) is 0 Å². The third-order valence-electron chi connectivity index (χ3n) is 5.07. The van der Waals surface area contributed by atoms with E-state index in [9.17, 15) is 13.2 Å². The molecule has 7 nitrogen and oxygen atoms in total. The number of hydrogen-bond acceptors (Lipinski definition) is 4. The summed E-state index contributed by atoms with van der Waals surface area (Å²) in [5.41, 5.74) is 1.79. The highest BCUT2D eigenvalue weighted by Crippen LogP contribution is 2.25. The molecule has 0 fully saturated rings. The number of aryl methyl sites for hydroxylation is 2. The molecule has 2 heterocycles. The summed E-state index contributed by atoms with van der Waals surface area (Å²) < 4.78 is 36.7. The van der Waals surface area contributed by atoms with Crippen LogP contribution in [-0.4, -0.2) is 21.9 Å². The molecule has 2 aromatic heterocycles. The van der Waals surface area contributed by atoms with Crippen molar-refractivity contribution in [1.29, 1.82) is 0 Å². The van der Waals surface area contributed by atoms with Crippen LogP contribution in [0.1, 0.15) is 11.3 Å². The fourth-order valence-electron chi connectivity index (χ4n) is 3.39. The molecule has 4 rings (SSSR count). The van der Waals surface area contributed by atoms with Crippen LogP contribution in [0.4, 0.5) is 0 Å². The summed E-state index contributed by atoms with van der Waals surface area (Å²) in [5.74, 6) is 0.528. The third kappa shape index (κ3) is 3.69. The molecular formula is C21H20ClN3O4S. The summed E-state index contributed by atoms with van der Waals surface area (Å²) in [7, 11) is -0.606. The van der Waals surface area contributed by atoms with Crippen molar-refractivity contribution >= 4 is 32.7 Å². The Hall–Kier alpha value is -2.81. The average molecular weight is 446 g/mol. The largest absolute Gasteiger partial charge is 0.468 e. The Labute approximate surface area is 178 Å². The molecule has 0 aliphatic rings. The van der Waals surface area contributed by atoms with Gasteiger partial charge < -0.3 is 4.42 Å². The topological polar surface area (TPSA) is 77.5 Å². The Kier molecular flexibility index (Phi) is 5.31. The lowest BCUT2D eigenvalue weighted by atomic mass is 10.2. The van der Waals surface area contributed by atoms with Gasteiger partial charge in [-0.25, -0.2) is 13.2 Å². The number of rotatable bonds is 6. The van der Waals surface area contributed by atoms with Gasteiger partial charge in [0.15, 0.2) is 0 Å². The lowest BCUT2D eigenvalue weighted by Crippen LogP contribution is -2.30. The smallest absolute Gasteiger partial charge is 0.328 e. The maximum Gasteiger partial charge on any atom is 0.328 e. The van der Waals surface area contributed by atoms with Crippen LogP contribution in [0.25, 0.3) is 11.0 Å². The number of hydrogen-bond donors (Lipinski definition) is 0. The number of sulfonamides is 1. The molecule has 0 unspecified atom stereocenters. The predicted octanol–water partition coefficient (Wildman–Crippen LogP) is 3.51. The first-order valence-corrected chi connectivity index (χ1v) is 11.0. The van der Waals surface area contributed by atoms with Crippen LogP contribution in [0.2, 0.25) is 5.02 Å². The van der Waals surface area contributed by atoms with Gasteiger partial charge in [-0.1, -0.05) is 23.7 Å². The van der Waals surface area contributed by atoms with E-state index >= 15 is 0 Å². The van der Waals surface area contributed by atoms with Gasteiger partial charge in [0.25, 0.3) is 0 Å². The van der Waals surface area contributed by atoms with Crippen LogP contribution in [-0.2, 0) is 37.2 Å². The second kappa shape index (κ2) is 7.79. The minimum atomic E-state index is -3.88. The van der Waals surface area contributed by atoms with Crippen LogP contribution in [0.3, 0.4) is 0 Å². The van der Waals surface area contributed by atoms with Crippen LogP contribution in [0.15, 0.2) is 75.0 Å². The molecule has 0 N–H and O–H groups in total. The SMILES string of the molecule is Cn1c(=O)n(C)c2cc(S(=O)(=O)N(Cc3ccc(Cl)cc3)Cc3ccco3)ccc21. The summed E-state index contributed by atoms with van der Waals surface area (Å²) in [6.45, 7) is 0.218. The van der Waals surface area contributed by atoms with Crippen LogP contribution in [0, 0.1) is 0 Å². The molecule has 0 saturated heterocycles. The monoisotopic (exact) mass is 445 g/mol. The first-order valence-electron chi connectivity index (χ1n) is 9.20. The molecule has 0 aliphatic carbocycles. The molecule has 0 atom stereocenters. The molecule has 0 spiro atoms. The Bertz CT molecular complexity index is 1350. The first kappa shape index (κ1) is 20.5. The van der Waals surface area contributed by atoms with E-state index in [0.29, 0.717) is 21.8 Å². The van der Waals surface area contributed by atoms with Gasteiger partial charge in [0.1, 0.15) is 5.76 Å². The lowest BCUT2D eigenvalue weighted by Gasteiger charge is -2.21. The van der Waals surface area contributed by atoms with Crippen molar-refractivity contribution < 1.29 is 12.8 Å². The Morgan fingerprint density at radius 3 is 2.33 bits per heavy atom. The van der Waals surface area contributed by atoms with Gasteiger partial charge in [-0.3, -0.25) is 9.13 Å². The number of aromatic nitrogens is 2. The number of nitrogens with zero attached hydrogens (tertiary/aromatic N) is 3. The van der Waals surface area contributed by atoms with Gasteiger partial charge in [0, 0.05) is 25.7 Å². The summed E-state index contributed by atoms with van der Waals surface area (Å²) in [5, 5.41) is 0.578. The number of furan rings is 1. The summed E-state index contributed by atoms with van der Waals surface area (Å²) >= 11 is 5.96. The number of imidazole rings is 1. The normalized spacial score (nSPS) is 12.1. The molecule has 0 amide bonds. The first-order chi connectivity index (χ1) is 14.3. The van der Waals surface area contributed by atoms with Crippen molar-refractivity contribution in [2.24, 2.45) is 14.1 Å². The van der Waals surface area contributed by atoms with E-state index < -0.39 is 10.0 Å². The molecule has 4 aromatic rings. The number of benzene rings is 2. The van der Waals surface area contributed by atoms with Crippen molar-refractivity contribution in [2.75, 3.05) is 0 Å². The van der Waals surface area contributed by atoms with Gasteiger partial charge in [-0.2, -0.15) is 4.31 Å². The van der Waals surface area contributed by atoms with Gasteiger partial charge in [-0.15, -0.1) is 0 Å². The second-order valence-corrected chi connectivity index (χ2v) is 9.40. The van der Waals surface area contributed by atoms with E-state index in [1.54, 1.807) is 56.6 Å². The minimum absolute atomic E-state index is 0.0731. The van der Waals surface area contributed by atoms with Gasteiger partial charge in [0.2, 0.25) is 10.0 Å². The van der Waals surface area contributed by atoms with Crippen LogP contribution >= 0.6 is 11.6 Å². The predicted molar refractivity (Wildman–Crippen MR) is 115 cm³/mol. The molecule has 0 saturated carbocycles. The van der Waals surface area contributed by atoms with Crippen molar-refractivity contribution in [2.45, 2.75) is 18.0 Å². The fourth-order valence-corrected chi connectivity index (χ4v) is 4.93. The van der Waals surface area contributed by atoms with E-state index in [4.69, 9.17) is 16.0 Å². The molecule has 0 radical (unpaired) electrons. The molecule has 156 valence electrons. The maximum absolute atomic E-state index is 13.5. The summed E-state index contributed by atoms with van der Waals surface area (Å²) in [6.07, 6.45) is 1.51. The van der Waals surface area contributed by atoms with Crippen molar-refractivity contribution in [3.8, 4) is 0 Å². The van der Waals surface area contributed by atoms with Crippen molar-refractivity contribution in [1.82, 2.24) is 13.4 Å². The van der Waals surface area contributed by atoms with E-state index in [0.717, 1.165) is 5.56 Å². The Morgan fingerprint density at radius 1 is 0.967 bits per heavy atom. The maximum atomic E-state index is 13.5.